The summed E-state index contributed by atoms with van der Waals surface area (Å²) in [7, 11) is 0. The minimum absolute atomic E-state index is 0.0802. The van der Waals surface area contributed by atoms with Crippen LogP contribution >= 0.6 is 11.3 Å². The summed E-state index contributed by atoms with van der Waals surface area (Å²) in [5, 5.41) is 14.3. The van der Waals surface area contributed by atoms with Crippen LogP contribution in [0.5, 0.6) is 0 Å². The minimum atomic E-state index is -0.848. The maximum atomic E-state index is 12.4. The van der Waals surface area contributed by atoms with Gasteiger partial charge in [-0.05, 0) is 31.2 Å². The van der Waals surface area contributed by atoms with Gasteiger partial charge in [-0.25, -0.2) is 4.98 Å². The van der Waals surface area contributed by atoms with Gasteiger partial charge in [0, 0.05) is 0 Å². The van der Waals surface area contributed by atoms with Crippen molar-refractivity contribution in [1.29, 1.82) is 0 Å². The number of carboxylic acids is 1. The Morgan fingerprint density at radius 1 is 1.50 bits per heavy atom. The molecule has 1 aliphatic rings. The van der Waals surface area contributed by atoms with Crippen molar-refractivity contribution in [2.75, 3.05) is 0 Å². The van der Waals surface area contributed by atoms with Crippen LogP contribution in [0.2, 0.25) is 0 Å². The molecule has 0 saturated heterocycles. The number of carbonyl (C=O) groups excluding carboxylic acids is 1. The fourth-order valence-corrected chi connectivity index (χ4v) is 3.96. The molecule has 2 N–H and O–H groups in total. The van der Waals surface area contributed by atoms with E-state index in [0.29, 0.717) is 24.4 Å². The molecule has 0 radical (unpaired) electrons. The standard InChI is InChI=1S/C17H20N2O4S/c1-17(7-3-2-5-12(17)16(21)22)19-14(20)9-11-10-23-15(18-11)13-6-4-8-24-13/h4,6,8,10,12H,2-3,5,7,9H2,1H3,(H,19,20)(H,21,22). The Morgan fingerprint density at radius 3 is 3.04 bits per heavy atom. The van der Waals surface area contributed by atoms with Gasteiger partial charge < -0.3 is 14.8 Å². The minimum Gasteiger partial charge on any atom is -0.481 e. The number of aromatic nitrogens is 1. The summed E-state index contributed by atoms with van der Waals surface area (Å²) in [6, 6.07) is 3.81. The highest BCUT2D eigenvalue weighted by Gasteiger charge is 2.42. The zero-order valence-corrected chi connectivity index (χ0v) is 14.3. The molecule has 2 aromatic heterocycles. The van der Waals surface area contributed by atoms with Crippen molar-refractivity contribution >= 4 is 23.2 Å². The number of hydrogen-bond donors (Lipinski definition) is 2. The molecular formula is C17H20N2O4S. The largest absolute Gasteiger partial charge is 0.481 e. The van der Waals surface area contributed by atoms with Crippen LogP contribution in [0.3, 0.4) is 0 Å². The fraction of sp³-hybridized carbons (Fsp3) is 0.471. The molecule has 0 aliphatic heterocycles. The quantitative estimate of drug-likeness (QED) is 0.866. The van der Waals surface area contributed by atoms with Gasteiger partial charge in [0.05, 0.1) is 28.4 Å². The first-order valence-corrected chi connectivity index (χ1v) is 8.88. The van der Waals surface area contributed by atoms with Crippen molar-refractivity contribution < 1.29 is 19.1 Å². The molecule has 1 amide bonds. The lowest BCUT2D eigenvalue weighted by atomic mass is 9.74. The average Bonchev–Trinajstić information content (AvgIpc) is 3.17. The first kappa shape index (κ1) is 16.7. The Kier molecular flexibility index (Phi) is 4.71. The third-order valence-corrected chi connectivity index (χ3v) is 5.41. The van der Waals surface area contributed by atoms with E-state index in [9.17, 15) is 14.7 Å². The van der Waals surface area contributed by atoms with Crippen molar-refractivity contribution in [3.05, 3.63) is 29.5 Å². The second kappa shape index (κ2) is 6.76. The van der Waals surface area contributed by atoms with Crippen LogP contribution in [-0.2, 0) is 16.0 Å². The van der Waals surface area contributed by atoms with Crippen LogP contribution in [0, 0.1) is 5.92 Å². The molecule has 1 aliphatic carbocycles. The lowest BCUT2D eigenvalue weighted by Gasteiger charge is -2.39. The van der Waals surface area contributed by atoms with E-state index in [4.69, 9.17) is 4.42 Å². The van der Waals surface area contributed by atoms with Gasteiger partial charge >= 0.3 is 5.97 Å². The van der Waals surface area contributed by atoms with E-state index >= 15 is 0 Å². The van der Waals surface area contributed by atoms with Crippen molar-refractivity contribution in [3.8, 4) is 10.8 Å². The molecular weight excluding hydrogens is 328 g/mol. The lowest BCUT2D eigenvalue weighted by molar-refractivity contribution is -0.146. The van der Waals surface area contributed by atoms with Gasteiger partial charge in [-0.3, -0.25) is 9.59 Å². The molecule has 2 unspecified atom stereocenters. The average molecular weight is 348 g/mol. The second-order valence-electron chi connectivity index (χ2n) is 6.40. The molecule has 1 saturated carbocycles. The molecule has 2 atom stereocenters. The molecule has 0 bridgehead atoms. The van der Waals surface area contributed by atoms with Gasteiger partial charge in [-0.15, -0.1) is 11.3 Å². The third-order valence-electron chi connectivity index (χ3n) is 4.56. The van der Waals surface area contributed by atoms with Gasteiger partial charge in [-0.2, -0.15) is 0 Å². The predicted molar refractivity (Wildman–Crippen MR) is 89.7 cm³/mol. The number of amides is 1. The Bertz CT molecular complexity index is 725. The number of nitrogens with one attached hydrogen (secondary N) is 1. The normalized spacial score (nSPS) is 23.8. The highest BCUT2D eigenvalue weighted by Crippen LogP contribution is 2.34. The smallest absolute Gasteiger partial charge is 0.308 e. The van der Waals surface area contributed by atoms with E-state index in [2.05, 4.69) is 10.3 Å². The van der Waals surface area contributed by atoms with Crippen molar-refractivity contribution in [3.63, 3.8) is 0 Å². The SMILES string of the molecule is CC1(NC(=O)Cc2coc(-c3cccs3)n2)CCCCC1C(=O)O. The molecule has 6 nitrogen and oxygen atoms in total. The van der Waals surface area contributed by atoms with E-state index in [1.807, 2.05) is 24.4 Å². The first-order valence-electron chi connectivity index (χ1n) is 8.00. The number of rotatable bonds is 5. The van der Waals surface area contributed by atoms with E-state index in [0.717, 1.165) is 17.7 Å². The highest BCUT2D eigenvalue weighted by atomic mass is 32.1. The van der Waals surface area contributed by atoms with Crippen LogP contribution in [-0.4, -0.2) is 27.5 Å². The molecule has 0 aromatic carbocycles. The molecule has 7 heteroatoms. The molecule has 1 fully saturated rings. The van der Waals surface area contributed by atoms with Gasteiger partial charge in [0.2, 0.25) is 11.8 Å². The van der Waals surface area contributed by atoms with Gasteiger partial charge in [0.25, 0.3) is 0 Å². The van der Waals surface area contributed by atoms with E-state index in [-0.39, 0.29) is 12.3 Å². The maximum Gasteiger partial charge on any atom is 0.308 e. The molecule has 128 valence electrons. The zero-order chi connectivity index (χ0) is 17.2. The number of thiophene rings is 1. The lowest BCUT2D eigenvalue weighted by Crippen LogP contribution is -2.55. The van der Waals surface area contributed by atoms with Crippen LogP contribution in [0.25, 0.3) is 10.8 Å². The van der Waals surface area contributed by atoms with Crippen LogP contribution in [0.15, 0.2) is 28.2 Å². The molecule has 24 heavy (non-hydrogen) atoms. The predicted octanol–water partition coefficient (Wildman–Crippen LogP) is 3.10. The summed E-state index contributed by atoms with van der Waals surface area (Å²) >= 11 is 1.52. The second-order valence-corrected chi connectivity index (χ2v) is 7.35. The number of aliphatic carboxylic acids is 1. The van der Waals surface area contributed by atoms with Crippen molar-refractivity contribution in [1.82, 2.24) is 10.3 Å². The van der Waals surface area contributed by atoms with Gasteiger partial charge in [-0.1, -0.05) is 18.9 Å². The summed E-state index contributed by atoms with van der Waals surface area (Å²) in [5.41, 5.74) is -0.163. The van der Waals surface area contributed by atoms with Crippen LogP contribution in [0.4, 0.5) is 0 Å². The Labute approximate surface area is 143 Å². The summed E-state index contributed by atoms with van der Waals surface area (Å²) in [6.45, 7) is 1.82. The fourth-order valence-electron chi connectivity index (χ4n) is 3.31. The van der Waals surface area contributed by atoms with Crippen LogP contribution in [0.1, 0.15) is 38.3 Å². The van der Waals surface area contributed by atoms with E-state index < -0.39 is 17.4 Å². The van der Waals surface area contributed by atoms with Gasteiger partial charge in [0.15, 0.2) is 0 Å². The monoisotopic (exact) mass is 348 g/mol. The van der Waals surface area contributed by atoms with E-state index in [1.54, 1.807) is 0 Å². The number of carboxylic acid groups (broad SMARTS) is 1. The number of hydrogen-bond acceptors (Lipinski definition) is 5. The van der Waals surface area contributed by atoms with Crippen LogP contribution < -0.4 is 5.32 Å². The third kappa shape index (κ3) is 3.51. The summed E-state index contributed by atoms with van der Waals surface area (Å²) in [6.07, 6.45) is 4.64. The summed E-state index contributed by atoms with van der Waals surface area (Å²) < 4.78 is 5.41. The van der Waals surface area contributed by atoms with Gasteiger partial charge in [0.1, 0.15) is 6.26 Å². The molecule has 2 heterocycles. The maximum absolute atomic E-state index is 12.4. The van der Waals surface area contributed by atoms with Crippen molar-refractivity contribution in [2.24, 2.45) is 5.92 Å². The Balaban J connectivity index is 1.65. The number of carbonyl (C=O) groups is 2. The molecule has 0 spiro atoms. The van der Waals surface area contributed by atoms with E-state index in [1.165, 1.54) is 17.6 Å². The Hall–Kier alpha value is -2.15. The molecule has 2 aromatic rings. The number of oxazole rings is 1. The molecule has 3 rings (SSSR count). The topological polar surface area (TPSA) is 92.4 Å². The number of nitrogens with zero attached hydrogens (tertiary/aromatic N) is 1. The zero-order valence-electron chi connectivity index (χ0n) is 13.4. The summed E-state index contributed by atoms with van der Waals surface area (Å²) in [4.78, 5) is 29.1. The van der Waals surface area contributed by atoms with Crippen molar-refractivity contribution in [2.45, 2.75) is 44.6 Å². The Morgan fingerprint density at radius 2 is 2.33 bits per heavy atom. The highest BCUT2D eigenvalue weighted by molar-refractivity contribution is 7.13. The first-order chi connectivity index (χ1) is 11.5. The summed E-state index contributed by atoms with van der Waals surface area (Å²) in [5.74, 6) is -1.12.